The highest BCUT2D eigenvalue weighted by Gasteiger charge is 1.98. The van der Waals surface area contributed by atoms with E-state index in [1.807, 2.05) is 12.1 Å². The molecule has 2 aromatic heterocycles. The first-order valence-electron chi connectivity index (χ1n) is 4.67. The molecule has 0 aliphatic heterocycles. The number of hydrogen-bond donors (Lipinski definition) is 3. The molecule has 2 aromatic rings. The minimum absolute atomic E-state index is 0.550. The Morgan fingerprint density at radius 2 is 2.12 bits per heavy atom. The Morgan fingerprint density at radius 3 is 2.88 bits per heavy atom. The molecule has 0 unspecified atom stereocenters. The maximum absolute atomic E-state index is 5.24. The van der Waals surface area contributed by atoms with Gasteiger partial charge in [0.15, 0.2) is 0 Å². The lowest BCUT2D eigenvalue weighted by atomic mass is 10.4. The molecule has 16 heavy (non-hydrogen) atoms. The van der Waals surface area contributed by atoms with Crippen LogP contribution in [0.2, 0.25) is 0 Å². The van der Waals surface area contributed by atoms with E-state index in [1.165, 1.54) is 6.33 Å². The van der Waals surface area contributed by atoms with Gasteiger partial charge in [0.2, 0.25) is 0 Å². The Labute approximate surface area is 92.1 Å². The summed E-state index contributed by atoms with van der Waals surface area (Å²) in [6.07, 6.45) is 3.05. The second-order valence-corrected chi connectivity index (χ2v) is 3.00. The number of hydrogen-bond acceptors (Lipinski definition) is 7. The molecule has 82 valence electrons. The summed E-state index contributed by atoms with van der Waals surface area (Å²) in [5.74, 6) is 6.46. The van der Waals surface area contributed by atoms with Gasteiger partial charge in [0, 0.05) is 12.3 Å². The quantitative estimate of drug-likeness (QED) is 0.495. The summed E-state index contributed by atoms with van der Waals surface area (Å²) in [7, 11) is 0. The first kappa shape index (κ1) is 10.2. The third-order valence-corrected chi connectivity index (χ3v) is 1.89. The third kappa shape index (κ3) is 2.61. The van der Waals surface area contributed by atoms with Gasteiger partial charge in [-0.05, 0) is 12.1 Å². The van der Waals surface area contributed by atoms with Crippen LogP contribution in [0.1, 0.15) is 5.69 Å². The number of hydrazine groups is 1. The van der Waals surface area contributed by atoms with Gasteiger partial charge in [-0.15, -0.1) is 0 Å². The van der Waals surface area contributed by atoms with Crippen LogP contribution in [0.5, 0.6) is 0 Å². The fraction of sp³-hybridized carbons (Fsp3) is 0.111. The van der Waals surface area contributed by atoms with Crippen molar-refractivity contribution < 1.29 is 0 Å². The van der Waals surface area contributed by atoms with Gasteiger partial charge in [-0.25, -0.2) is 15.8 Å². The van der Waals surface area contributed by atoms with Gasteiger partial charge in [-0.1, -0.05) is 0 Å². The monoisotopic (exact) mass is 217 g/mol. The van der Waals surface area contributed by atoms with Crippen LogP contribution < -0.4 is 16.6 Å². The van der Waals surface area contributed by atoms with Crippen molar-refractivity contribution in [3.05, 3.63) is 36.4 Å². The molecule has 0 saturated heterocycles. The lowest BCUT2D eigenvalue weighted by molar-refractivity contribution is 0.919. The topological polar surface area (TPSA) is 102 Å². The lowest BCUT2D eigenvalue weighted by Crippen LogP contribution is -2.10. The molecule has 0 bridgehead atoms. The van der Waals surface area contributed by atoms with Crippen LogP contribution in [0.3, 0.4) is 0 Å². The Morgan fingerprint density at radius 1 is 1.25 bits per heavy atom. The maximum Gasteiger partial charge on any atom is 0.145 e. The Hall–Kier alpha value is -2.28. The smallest absolute Gasteiger partial charge is 0.145 e. The standard InChI is InChI=1S/C9H11N7/c10-15-9-4-8(12-6-13-9)11-5-7-2-1-3-14-16-7/h1-4,6H,5,10H2,(H2,11,12,13,15). The van der Waals surface area contributed by atoms with Crippen LogP contribution in [-0.2, 0) is 6.54 Å². The van der Waals surface area contributed by atoms with E-state index in [4.69, 9.17) is 5.84 Å². The van der Waals surface area contributed by atoms with Crippen LogP contribution in [0, 0.1) is 0 Å². The summed E-state index contributed by atoms with van der Waals surface area (Å²) in [4.78, 5) is 7.93. The molecule has 0 radical (unpaired) electrons. The molecule has 2 rings (SSSR count). The Kier molecular flexibility index (Phi) is 3.19. The Balaban J connectivity index is 1.99. The van der Waals surface area contributed by atoms with Gasteiger partial charge in [-0.3, -0.25) is 0 Å². The predicted molar refractivity (Wildman–Crippen MR) is 59.2 cm³/mol. The van der Waals surface area contributed by atoms with Gasteiger partial charge < -0.3 is 10.7 Å². The molecule has 0 aromatic carbocycles. The zero-order valence-electron chi connectivity index (χ0n) is 8.46. The van der Waals surface area contributed by atoms with Gasteiger partial charge in [0.05, 0.1) is 12.2 Å². The maximum atomic E-state index is 5.24. The van der Waals surface area contributed by atoms with E-state index in [0.717, 1.165) is 5.69 Å². The number of nitrogens with zero attached hydrogens (tertiary/aromatic N) is 4. The number of nitrogen functional groups attached to an aromatic ring is 1. The van der Waals surface area contributed by atoms with E-state index in [-0.39, 0.29) is 0 Å². The molecule has 2 heterocycles. The van der Waals surface area contributed by atoms with Crippen LogP contribution in [-0.4, -0.2) is 20.2 Å². The largest absolute Gasteiger partial charge is 0.364 e. The molecule has 0 saturated carbocycles. The van der Waals surface area contributed by atoms with E-state index in [1.54, 1.807) is 12.3 Å². The van der Waals surface area contributed by atoms with E-state index in [9.17, 15) is 0 Å². The van der Waals surface area contributed by atoms with Gasteiger partial charge in [0.1, 0.15) is 18.0 Å². The van der Waals surface area contributed by atoms with Crippen LogP contribution >= 0.6 is 0 Å². The van der Waals surface area contributed by atoms with Crippen molar-refractivity contribution in [2.45, 2.75) is 6.54 Å². The van der Waals surface area contributed by atoms with Crippen molar-refractivity contribution >= 4 is 11.6 Å². The van der Waals surface area contributed by atoms with E-state index < -0.39 is 0 Å². The van der Waals surface area contributed by atoms with Crippen LogP contribution in [0.4, 0.5) is 11.6 Å². The summed E-state index contributed by atoms with van der Waals surface area (Å²) >= 11 is 0. The lowest BCUT2D eigenvalue weighted by Gasteiger charge is -2.05. The summed E-state index contributed by atoms with van der Waals surface area (Å²) in [6, 6.07) is 5.41. The fourth-order valence-electron chi connectivity index (χ4n) is 1.14. The number of nitrogens with one attached hydrogen (secondary N) is 2. The average Bonchev–Trinajstić information content (AvgIpc) is 2.38. The van der Waals surface area contributed by atoms with E-state index in [0.29, 0.717) is 18.2 Å². The summed E-state index contributed by atoms with van der Waals surface area (Å²) in [5.41, 5.74) is 3.28. The summed E-state index contributed by atoms with van der Waals surface area (Å²) < 4.78 is 0. The van der Waals surface area contributed by atoms with Gasteiger partial charge in [0.25, 0.3) is 0 Å². The number of nitrogens with two attached hydrogens (primary N) is 1. The second-order valence-electron chi connectivity index (χ2n) is 3.00. The summed E-state index contributed by atoms with van der Waals surface area (Å²) in [6.45, 7) is 0.550. The molecule has 0 atom stereocenters. The molecule has 4 N–H and O–H groups in total. The number of anilines is 2. The highest BCUT2D eigenvalue weighted by atomic mass is 15.3. The minimum Gasteiger partial charge on any atom is -0.364 e. The van der Waals surface area contributed by atoms with Gasteiger partial charge >= 0.3 is 0 Å². The van der Waals surface area contributed by atoms with Crippen LogP contribution in [0.25, 0.3) is 0 Å². The van der Waals surface area contributed by atoms with Crippen molar-refractivity contribution in [1.29, 1.82) is 0 Å². The molecular formula is C9H11N7. The highest BCUT2D eigenvalue weighted by Crippen LogP contribution is 2.07. The van der Waals surface area contributed by atoms with Crippen molar-refractivity contribution in [2.24, 2.45) is 5.84 Å². The molecule has 0 fully saturated rings. The zero-order chi connectivity index (χ0) is 11.2. The fourth-order valence-corrected chi connectivity index (χ4v) is 1.14. The van der Waals surface area contributed by atoms with Crippen LogP contribution in [0.15, 0.2) is 30.7 Å². The van der Waals surface area contributed by atoms with Crippen molar-refractivity contribution in [3.63, 3.8) is 0 Å². The minimum atomic E-state index is 0.550. The van der Waals surface area contributed by atoms with Crippen molar-refractivity contribution in [2.75, 3.05) is 10.7 Å². The van der Waals surface area contributed by atoms with Crippen molar-refractivity contribution in [3.8, 4) is 0 Å². The summed E-state index contributed by atoms with van der Waals surface area (Å²) in [5, 5.41) is 10.8. The van der Waals surface area contributed by atoms with E-state index >= 15 is 0 Å². The highest BCUT2D eigenvalue weighted by molar-refractivity contribution is 5.45. The zero-order valence-corrected chi connectivity index (χ0v) is 8.46. The molecule has 7 nitrogen and oxygen atoms in total. The first-order chi connectivity index (χ1) is 7.88. The first-order valence-corrected chi connectivity index (χ1v) is 4.67. The van der Waals surface area contributed by atoms with E-state index in [2.05, 4.69) is 30.9 Å². The normalized spacial score (nSPS) is 9.81. The molecule has 0 aliphatic rings. The predicted octanol–water partition coefficient (Wildman–Crippen LogP) is 0.164. The third-order valence-electron chi connectivity index (χ3n) is 1.89. The average molecular weight is 217 g/mol. The number of aromatic nitrogens is 4. The van der Waals surface area contributed by atoms with Gasteiger partial charge in [-0.2, -0.15) is 10.2 Å². The van der Waals surface area contributed by atoms with Crippen molar-refractivity contribution in [1.82, 2.24) is 20.2 Å². The molecule has 7 heteroatoms. The SMILES string of the molecule is NNc1cc(NCc2cccnn2)ncn1. The molecule has 0 spiro atoms. The number of rotatable bonds is 4. The molecule has 0 aliphatic carbocycles. The molecular weight excluding hydrogens is 206 g/mol. The second kappa shape index (κ2) is 4.99. The molecule has 0 amide bonds. The Bertz CT molecular complexity index is 445.